The third kappa shape index (κ3) is 2.15. The lowest BCUT2D eigenvalue weighted by atomic mass is 10.2. The highest BCUT2D eigenvalue weighted by Crippen LogP contribution is 2.25. The molecule has 0 radical (unpaired) electrons. The zero-order valence-electron chi connectivity index (χ0n) is 8.62. The van der Waals surface area contributed by atoms with Crippen LogP contribution in [0, 0.1) is 0 Å². The van der Waals surface area contributed by atoms with Crippen LogP contribution in [-0.2, 0) is 4.79 Å². The van der Waals surface area contributed by atoms with Crippen LogP contribution in [-0.4, -0.2) is 26.0 Å². The average Bonchev–Trinajstić information content (AvgIpc) is 2.71. The molecule has 5 nitrogen and oxygen atoms in total. The van der Waals surface area contributed by atoms with E-state index in [-0.39, 0.29) is 10.7 Å². The Hall–Kier alpha value is -1.85. The van der Waals surface area contributed by atoms with E-state index in [1.807, 2.05) is 6.07 Å². The molecule has 1 heterocycles. The van der Waals surface area contributed by atoms with Crippen LogP contribution in [0.25, 0.3) is 5.69 Å². The average molecular weight is 253 g/mol. The Labute approximate surface area is 102 Å². The quantitative estimate of drug-likeness (QED) is 0.871. The van der Waals surface area contributed by atoms with Crippen LogP contribution in [0.1, 0.15) is 11.8 Å². The van der Waals surface area contributed by atoms with Crippen molar-refractivity contribution in [3.8, 4) is 5.69 Å². The normalized spacial score (nSPS) is 12.4. The van der Waals surface area contributed by atoms with Crippen molar-refractivity contribution in [1.82, 2.24) is 9.78 Å². The number of carboxylic acid groups (broad SMARTS) is 1. The van der Waals surface area contributed by atoms with Crippen LogP contribution in [0.15, 0.2) is 36.5 Å². The molecule has 0 fully saturated rings. The summed E-state index contributed by atoms with van der Waals surface area (Å²) in [5, 5.41) is 22.4. The molecule has 1 unspecified atom stereocenters. The number of carbonyl (C=O) groups is 1. The number of aliphatic carboxylic acids is 1. The summed E-state index contributed by atoms with van der Waals surface area (Å²) in [4.78, 5) is 10.8. The number of nitrogens with zero attached hydrogens (tertiary/aromatic N) is 2. The molecule has 17 heavy (non-hydrogen) atoms. The van der Waals surface area contributed by atoms with Crippen LogP contribution in [0.3, 0.4) is 0 Å². The standard InChI is InChI=1S/C11H9ClN2O3/c12-8-6-13-14(7-4-2-1-3-5-7)9(8)10(15)11(16)17/h1-6,10,15H,(H,16,17). The molecule has 0 bridgehead atoms. The lowest BCUT2D eigenvalue weighted by molar-refractivity contribution is -0.147. The van der Waals surface area contributed by atoms with Crippen molar-refractivity contribution in [1.29, 1.82) is 0 Å². The summed E-state index contributed by atoms with van der Waals surface area (Å²) in [6, 6.07) is 8.86. The number of hydrogen-bond acceptors (Lipinski definition) is 3. The van der Waals surface area contributed by atoms with E-state index in [9.17, 15) is 9.90 Å². The fraction of sp³-hybridized carbons (Fsp3) is 0.0909. The number of aliphatic hydroxyl groups is 1. The van der Waals surface area contributed by atoms with Crippen LogP contribution in [0.2, 0.25) is 5.02 Å². The molecule has 1 aromatic heterocycles. The van der Waals surface area contributed by atoms with Crippen LogP contribution < -0.4 is 0 Å². The minimum absolute atomic E-state index is 0.0466. The molecule has 0 spiro atoms. The summed E-state index contributed by atoms with van der Waals surface area (Å²) in [7, 11) is 0. The predicted molar refractivity (Wildman–Crippen MR) is 61.2 cm³/mol. The van der Waals surface area contributed by atoms with Gasteiger partial charge in [-0.25, -0.2) is 9.48 Å². The molecule has 6 heteroatoms. The van der Waals surface area contributed by atoms with Crippen molar-refractivity contribution >= 4 is 17.6 Å². The molecule has 1 atom stereocenters. The van der Waals surface area contributed by atoms with E-state index in [0.717, 1.165) is 0 Å². The highest BCUT2D eigenvalue weighted by atomic mass is 35.5. The molecule has 88 valence electrons. The second-order valence-corrected chi connectivity index (χ2v) is 3.77. The van der Waals surface area contributed by atoms with Crippen molar-refractivity contribution in [2.75, 3.05) is 0 Å². The smallest absolute Gasteiger partial charge is 0.338 e. The van der Waals surface area contributed by atoms with E-state index in [1.54, 1.807) is 24.3 Å². The van der Waals surface area contributed by atoms with Gasteiger partial charge in [-0.3, -0.25) is 0 Å². The van der Waals surface area contributed by atoms with Crippen molar-refractivity contribution in [2.45, 2.75) is 6.10 Å². The highest BCUT2D eigenvalue weighted by molar-refractivity contribution is 6.31. The maximum Gasteiger partial charge on any atom is 0.338 e. The maximum absolute atomic E-state index is 10.8. The zero-order valence-corrected chi connectivity index (χ0v) is 9.37. The summed E-state index contributed by atoms with van der Waals surface area (Å²) >= 11 is 5.83. The lowest BCUT2D eigenvalue weighted by Crippen LogP contribution is -2.15. The Balaban J connectivity index is 2.54. The SMILES string of the molecule is O=C(O)C(O)c1c(Cl)cnn1-c1ccccc1. The zero-order chi connectivity index (χ0) is 12.4. The van der Waals surface area contributed by atoms with Gasteiger partial charge in [0.25, 0.3) is 0 Å². The molecule has 2 aromatic rings. The van der Waals surface area contributed by atoms with Crippen LogP contribution in [0.4, 0.5) is 0 Å². The Bertz CT molecular complexity index is 539. The molecule has 0 saturated heterocycles. The molecular weight excluding hydrogens is 244 g/mol. The third-order valence-electron chi connectivity index (χ3n) is 2.25. The fourth-order valence-corrected chi connectivity index (χ4v) is 1.70. The Morgan fingerprint density at radius 3 is 2.59 bits per heavy atom. The summed E-state index contributed by atoms with van der Waals surface area (Å²) in [6.45, 7) is 0. The van der Waals surface area contributed by atoms with Gasteiger partial charge in [-0.1, -0.05) is 29.8 Å². The monoisotopic (exact) mass is 252 g/mol. The Morgan fingerprint density at radius 2 is 2.00 bits per heavy atom. The first-order valence-electron chi connectivity index (χ1n) is 4.81. The van der Waals surface area contributed by atoms with Gasteiger partial charge in [0.1, 0.15) is 5.69 Å². The molecule has 1 aromatic carbocycles. The molecule has 0 saturated carbocycles. The minimum atomic E-state index is -1.70. The molecule has 2 rings (SSSR count). The van der Waals surface area contributed by atoms with Gasteiger partial charge in [-0.05, 0) is 12.1 Å². The predicted octanol–water partition coefficient (Wildman–Crippen LogP) is 1.64. The number of aliphatic hydroxyl groups excluding tert-OH is 1. The Morgan fingerprint density at radius 1 is 1.35 bits per heavy atom. The number of halogens is 1. The van der Waals surface area contributed by atoms with Gasteiger partial charge in [0, 0.05) is 0 Å². The lowest BCUT2D eigenvalue weighted by Gasteiger charge is -2.10. The van der Waals surface area contributed by atoms with E-state index in [2.05, 4.69) is 5.10 Å². The van der Waals surface area contributed by atoms with E-state index < -0.39 is 12.1 Å². The first kappa shape index (κ1) is 11.6. The van der Waals surface area contributed by atoms with Crippen molar-refractivity contribution in [2.24, 2.45) is 0 Å². The topological polar surface area (TPSA) is 75.3 Å². The molecular formula is C11H9ClN2O3. The van der Waals surface area contributed by atoms with Gasteiger partial charge in [0.2, 0.25) is 0 Å². The van der Waals surface area contributed by atoms with Gasteiger partial charge >= 0.3 is 5.97 Å². The van der Waals surface area contributed by atoms with Crippen molar-refractivity contribution in [3.63, 3.8) is 0 Å². The number of carboxylic acids is 1. The number of hydrogen-bond donors (Lipinski definition) is 2. The number of benzene rings is 1. The van der Waals surface area contributed by atoms with Gasteiger partial charge in [-0.2, -0.15) is 5.10 Å². The van der Waals surface area contributed by atoms with E-state index in [0.29, 0.717) is 5.69 Å². The maximum atomic E-state index is 10.8. The summed E-state index contributed by atoms with van der Waals surface area (Å²) in [5.74, 6) is -1.37. The molecule has 0 aliphatic carbocycles. The van der Waals surface area contributed by atoms with Crippen LogP contribution >= 0.6 is 11.6 Å². The first-order valence-corrected chi connectivity index (χ1v) is 5.18. The number of para-hydroxylation sites is 1. The first-order chi connectivity index (χ1) is 8.11. The summed E-state index contributed by atoms with van der Waals surface area (Å²) in [5.41, 5.74) is 0.681. The van der Waals surface area contributed by atoms with Crippen molar-refractivity contribution < 1.29 is 15.0 Å². The van der Waals surface area contributed by atoms with Gasteiger partial charge < -0.3 is 10.2 Å². The van der Waals surface area contributed by atoms with Gasteiger partial charge in [0.15, 0.2) is 6.10 Å². The number of rotatable bonds is 3. The van der Waals surface area contributed by atoms with Gasteiger partial charge in [-0.15, -0.1) is 0 Å². The number of aromatic nitrogens is 2. The fourth-order valence-electron chi connectivity index (χ4n) is 1.48. The molecule has 0 aliphatic rings. The van der Waals surface area contributed by atoms with Crippen LogP contribution in [0.5, 0.6) is 0 Å². The van der Waals surface area contributed by atoms with Gasteiger partial charge in [0.05, 0.1) is 16.9 Å². The third-order valence-corrected chi connectivity index (χ3v) is 2.54. The largest absolute Gasteiger partial charge is 0.479 e. The molecule has 0 amide bonds. The highest BCUT2D eigenvalue weighted by Gasteiger charge is 2.24. The molecule has 0 aliphatic heterocycles. The summed E-state index contributed by atoms with van der Waals surface area (Å²) < 4.78 is 1.31. The summed E-state index contributed by atoms with van der Waals surface area (Å²) in [6.07, 6.45) is -0.402. The van der Waals surface area contributed by atoms with Crippen molar-refractivity contribution in [3.05, 3.63) is 47.2 Å². The van der Waals surface area contributed by atoms with E-state index >= 15 is 0 Å². The Kier molecular flexibility index (Phi) is 3.12. The minimum Gasteiger partial charge on any atom is -0.479 e. The van der Waals surface area contributed by atoms with E-state index in [4.69, 9.17) is 16.7 Å². The second kappa shape index (κ2) is 4.57. The second-order valence-electron chi connectivity index (χ2n) is 3.37. The van der Waals surface area contributed by atoms with E-state index in [1.165, 1.54) is 10.9 Å². The molecule has 2 N–H and O–H groups in total.